The molecule has 2 aliphatic carbocycles. The number of anilines is 1. The predicted molar refractivity (Wildman–Crippen MR) is 89.6 cm³/mol. The van der Waals surface area contributed by atoms with Crippen molar-refractivity contribution < 1.29 is 14.3 Å². The van der Waals surface area contributed by atoms with Crippen LogP contribution in [0, 0.1) is 17.8 Å². The second kappa shape index (κ2) is 7.10. The van der Waals surface area contributed by atoms with Crippen LogP contribution in [-0.4, -0.2) is 18.5 Å². The number of carbonyl (C=O) groups excluding carboxylic acids is 2. The van der Waals surface area contributed by atoms with E-state index >= 15 is 0 Å². The molecule has 2 aliphatic rings. The molecular weight excluding hydrogens is 337 g/mol. The zero-order valence-corrected chi connectivity index (χ0v) is 14.2. The molecule has 6 heteroatoms. The smallest absolute Gasteiger partial charge is 0.306 e. The number of hydrogen-bond acceptors (Lipinski definition) is 3. The first-order valence-corrected chi connectivity index (χ1v) is 8.67. The van der Waals surface area contributed by atoms with E-state index in [1.54, 1.807) is 18.2 Å². The van der Waals surface area contributed by atoms with Crippen LogP contribution >= 0.6 is 23.2 Å². The van der Waals surface area contributed by atoms with Crippen LogP contribution in [0.1, 0.15) is 32.1 Å². The molecule has 0 unspecified atom stereocenters. The molecule has 0 aliphatic heterocycles. The summed E-state index contributed by atoms with van der Waals surface area (Å²) >= 11 is 11.8. The van der Waals surface area contributed by atoms with Crippen LogP contribution < -0.4 is 5.32 Å². The summed E-state index contributed by atoms with van der Waals surface area (Å²) in [6.45, 7) is -0.303. The third-order valence-electron chi connectivity index (χ3n) is 4.88. The molecule has 0 saturated heterocycles. The summed E-state index contributed by atoms with van der Waals surface area (Å²) in [6.07, 6.45) is 5.34. The Morgan fingerprint density at radius 3 is 2.74 bits per heavy atom. The van der Waals surface area contributed by atoms with Gasteiger partial charge in [-0.3, -0.25) is 9.59 Å². The fraction of sp³-hybridized carbons (Fsp3) is 0.529. The van der Waals surface area contributed by atoms with Crippen LogP contribution in [0.3, 0.4) is 0 Å². The van der Waals surface area contributed by atoms with Gasteiger partial charge in [0.2, 0.25) is 0 Å². The lowest BCUT2D eigenvalue weighted by molar-refractivity contribution is -0.148. The molecule has 4 nitrogen and oxygen atoms in total. The van der Waals surface area contributed by atoms with E-state index in [-0.39, 0.29) is 12.6 Å². The Balaban J connectivity index is 1.43. The van der Waals surface area contributed by atoms with Gasteiger partial charge in [0.05, 0.1) is 10.7 Å². The molecule has 2 fully saturated rings. The fourth-order valence-corrected chi connectivity index (χ4v) is 4.16. The minimum absolute atomic E-state index is 0.296. The number of benzene rings is 1. The first-order chi connectivity index (χ1) is 11.0. The maximum absolute atomic E-state index is 11.9. The lowest BCUT2D eigenvalue weighted by atomic mass is 9.86. The van der Waals surface area contributed by atoms with Crippen LogP contribution in [0.15, 0.2) is 18.2 Å². The molecule has 0 spiro atoms. The van der Waals surface area contributed by atoms with Gasteiger partial charge in [-0.15, -0.1) is 0 Å². The van der Waals surface area contributed by atoms with Crippen molar-refractivity contribution in [1.82, 2.24) is 0 Å². The van der Waals surface area contributed by atoms with Gasteiger partial charge < -0.3 is 10.1 Å². The first kappa shape index (κ1) is 16.6. The van der Waals surface area contributed by atoms with E-state index in [2.05, 4.69) is 5.32 Å². The molecule has 0 heterocycles. The van der Waals surface area contributed by atoms with Gasteiger partial charge in [0, 0.05) is 11.4 Å². The van der Waals surface area contributed by atoms with Crippen LogP contribution in [0.25, 0.3) is 0 Å². The Bertz CT molecular complexity index is 620. The van der Waals surface area contributed by atoms with Crippen molar-refractivity contribution in [1.29, 1.82) is 0 Å². The van der Waals surface area contributed by atoms with Gasteiger partial charge in [-0.25, -0.2) is 0 Å². The molecule has 2 bridgehead atoms. The van der Waals surface area contributed by atoms with Gasteiger partial charge >= 0.3 is 5.97 Å². The van der Waals surface area contributed by atoms with Crippen molar-refractivity contribution in [3.63, 3.8) is 0 Å². The molecule has 3 atom stereocenters. The summed E-state index contributed by atoms with van der Waals surface area (Å²) in [5.74, 6) is 1.19. The van der Waals surface area contributed by atoms with Gasteiger partial charge in [0.15, 0.2) is 6.61 Å². The number of fused-ring (bicyclic) bond motifs is 2. The largest absolute Gasteiger partial charge is 0.456 e. The molecule has 0 radical (unpaired) electrons. The fourth-order valence-electron chi connectivity index (χ4n) is 3.83. The van der Waals surface area contributed by atoms with Crippen molar-refractivity contribution >= 4 is 40.8 Å². The summed E-state index contributed by atoms with van der Waals surface area (Å²) in [7, 11) is 0. The molecule has 1 amide bonds. The summed E-state index contributed by atoms with van der Waals surface area (Å²) in [6, 6.07) is 4.79. The minimum Gasteiger partial charge on any atom is -0.456 e. The topological polar surface area (TPSA) is 55.4 Å². The summed E-state index contributed by atoms with van der Waals surface area (Å²) in [5, 5.41) is 3.45. The van der Waals surface area contributed by atoms with E-state index in [0.29, 0.717) is 34.0 Å². The Kier molecular flexibility index (Phi) is 5.12. The van der Waals surface area contributed by atoms with E-state index in [9.17, 15) is 9.59 Å². The van der Waals surface area contributed by atoms with Crippen LogP contribution in [0.4, 0.5) is 5.69 Å². The molecule has 1 N–H and O–H groups in total. The van der Waals surface area contributed by atoms with Crippen molar-refractivity contribution in [2.24, 2.45) is 17.8 Å². The average Bonchev–Trinajstić information content (AvgIpc) is 3.11. The number of carbonyl (C=O) groups is 2. The lowest BCUT2D eigenvalue weighted by Crippen LogP contribution is -2.23. The van der Waals surface area contributed by atoms with Crippen molar-refractivity contribution in [2.45, 2.75) is 32.1 Å². The Labute approximate surface area is 145 Å². The number of halogens is 2. The highest BCUT2D eigenvalue weighted by molar-refractivity contribution is 6.35. The molecule has 23 heavy (non-hydrogen) atoms. The molecule has 0 aromatic heterocycles. The zero-order chi connectivity index (χ0) is 16.4. The number of hydrogen-bond donors (Lipinski definition) is 1. The quantitative estimate of drug-likeness (QED) is 0.801. The molecule has 2 saturated carbocycles. The number of rotatable bonds is 5. The van der Waals surface area contributed by atoms with Crippen LogP contribution in [0.2, 0.25) is 10.0 Å². The second-order valence-corrected chi connectivity index (χ2v) is 7.32. The van der Waals surface area contributed by atoms with Crippen molar-refractivity contribution in [3.8, 4) is 0 Å². The van der Waals surface area contributed by atoms with Gasteiger partial charge in [-0.2, -0.15) is 0 Å². The monoisotopic (exact) mass is 355 g/mol. The van der Waals surface area contributed by atoms with E-state index < -0.39 is 5.91 Å². The van der Waals surface area contributed by atoms with Crippen molar-refractivity contribution in [2.75, 3.05) is 11.9 Å². The standard InChI is InChI=1S/C17H19Cl2NO3/c18-13-3-4-14(19)15(8-13)20-16(21)9-23-17(22)7-12-6-10-1-2-11(12)5-10/h3-4,8,10-12H,1-2,5-7,9H2,(H,20,21)/t10-,11-,12-/m1/s1. The van der Waals surface area contributed by atoms with Gasteiger partial charge in [-0.05, 0) is 55.2 Å². The van der Waals surface area contributed by atoms with E-state index in [4.69, 9.17) is 27.9 Å². The molecular formula is C17H19Cl2NO3. The summed E-state index contributed by atoms with van der Waals surface area (Å²) < 4.78 is 5.09. The second-order valence-electron chi connectivity index (χ2n) is 6.47. The number of esters is 1. The Morgan fingerprint density at radius 1 is 1.22 bits per heavy atom. The third kappa shape index (κ3) is 4.18. The van der Waals surface area contributed by atoms with E-state index in [0.717, 1.165) is 12.3 Å². The highest BCUT2D eigenvalue weighted by Crippen LogP contribution is 2.49. The predicted octanol–water partition coefficient (Wildman–Crippen LogP) is 4.30. The Morgan fingerprint density at radius 2 is 2.04 bits per heavy atom. The highest BCUT2D eigenvalue weighted by Gasteiger charge is 2.40. The van der Waals surface area contributed by atoms with E-state index in [1.807, 2.05) is 0 Å². The van der Waals surface area contributed by atoms with Gasteiger partial charge in [0.1, 0.15) is 0 Å². The summed E-state index contributed by atoms with van der Waals surface area (Å²) in [4.78, 5) is 23.8. The number of ether oxygens (including phenoxy) is 1. The summed E-state index contributed by atoms with van der Waals surface area (Å²) in [5.41, 5.74) is 0.410. The lowest BCUT2D eigenvalue weighted by Gasteiger charge is -2.20. The van der Waals surface area contributed by atoms with Crippen LogP contribution in [0.5, 0.6) is 0 Å². The molecule has 1 aromatic carbocycles. The maximum atomic E-state index is 11.9. The number of amides is 1. The Hall–Kier alpha value is -1.26. The zero-order valence-electron chi connectivity index (χ0n) is 12.7. The maximum Gasteiger partial charge on any atom is 0.306 e. The highest BCUT2D eigenvalue weighted by atomic mass is 35.5. The minimum atomic E-state index is -0.421. The first-order valence-electron chi connectivity index (χ1n) is 7.92. The average molecular weight is 356 g/mol. The molecule has 3 rings (SSSR count). The number of nitrogens with one attached hydrogen (secondary N) is 1. The van der Waals surface area contributed by atoms with Gasteiger partial charge in [0.25, 0.3) is 5.91 Å². The third-order valence-corrected chi connectivity index (χ3v) is 5.44. The van der Waals surface area contributed by atoms with Crippen molar-refractivity contribution in [3.05, 3.63) is 28.2 Å². The normalized spacial score (nSPS) is 25.4. The molecule has 1 aromatic rings. The van der Waals surface area contributed by atoms with Gasteiger partial charge in [-0.1, -0.05) is 29.6 Å². The SMILES string of the molecule is O=C(COC(=O)C[C@H]1C[C@@H]2CC[C@@H]1C2)Nc1cc(Cl)ccc1Cl. The van der Waals surface area contributed by atoms with Crippen LogP contribution in [-0.2, 0) is 14.3 Å². The molecule has 124 valence electrons. The van der Waals surface area contributed by atoms with E-state index in [1.165, 1.54) is 19.3 Å².